The number of Topliss-reactive ketones (excluding diaryl/α,β-unsaturated/α-hetero) is 1. The summed E-state index contributed by atoms with van der Waals surface area (Å²) in [6.45, 7) is 0.970. The van der Waals surface area contributed by atoms with Crippen molar-refractivity contribution in [2.24, 2.45) is 0 Å². The van der Waals surface area contributed by atoms with Crippen LogP contribution < -0.4 is 4.74 Å². The van der Waals surface area contributed by atoms with Gasteiger partial charge >= 0.3 is 12.1 Å². The minimum atomic E-state index is -4.42. The van der Waals surface area contributed by atoms with Crippen molar-refractivity contribution < 1.29 is 37.3 Å². The van der Waals surface area contributed by atoms with Gasteiger partial charge in [-0.1, -0.05) is 0 Å². The maximum atomic E-state index is 12.6. The number of halogens is 3. The first-order chi connectivity index (χ1) is 12.5. The highest BCUT2D eigenvalue weighted by molar-refractivity contribution is 6.01. The quantitative estimate of drug-likeness (QED) is 0.609. The highest BCUT2D eigenvalue weighted by Crippen LogP contribution is 2.25. The van der Waals surface area contributed by atoms with E-state index in [9.17, 15) is 27.9 Å². The molecule has 0 aliphatic carbocycles. The molecule has 1 N–H and O–H groups in total. The molecule has 0 unspecified atom stereocenters. The number of methoxy groups -OCH3 is 1. The van der Waals surface area contributed by atoms with E-state index in [1.807, 2.05) is 0 Å². The monoisotopic (exact) mass is 385 g/mol. The Bertz CT molecular complexity index is 871. The number of hydrogen-bond acceptors (Lipinski definition) is 5. The van der Waals surface area contributed by atoms with Gasteiger partial charge in [0.2, 0.25) is 5.78 Å². The SMILES string of the molecule is COc1ccc(C(=O)OCC(=O)c2cc(C)n(CC(F)(F)F)c2C)c(O)c1. The highest BCUT2D eigenvalue weighted by Gasteiger charge is 2.30. The third-order valence-corrected chi connectivity index (χ3v) is 3.97. The number of rotatable bonds is 6. The van der Waals surface area contributed by atoms with Crippen LogP contribution in [0.1, 0.15) is 32.1 Å². The first-order valence-electron chi connectivity index (χ1n) is 7.84. The molecule has 0 saturated carbocycles. The van der Waals surface area contributed by atoms with Crippen molar-refractivity contribution in [2.75, 3.05) is 13.7 Å². The standard InChI is InChI=1S/C18H18F3NO5/c1-10-6-14(11(2)22(10)9-18(19,20)21)16(24)8-27-17(25)13-5-4-12(26-3)7-15(13)23/h4-7,23H,8-9H2,1-3H3. The summed E-state index contributed by atoms with van der Waals surface area (Å²) < 4.78 is 48.7. The van der Waals surface area contributed by atoms with Crippen molar-refractivity contribution in [1.29, 1.82) is 0 Å². The lowest BCUT2D eigenvalue weighted by molar-refractivity contribution is -0.141. The predicted octanol–water partition coefficient (Wildman–Crippen LogP) is 3.42. The number of alkyl halides is 3. The number of ether oxygens (including phenoxy) is 2. The molecule has 0 aliphatic heterocycles. The molecule has 146 valence electrons. The fraction of sp³-hybridized carbons (Fsp3) is 0.333. The van der Waals surface area contributed by atoms with E-state index in [4.69, 9.17) is 9.47 Å². The molecule has 27 heavy (non-hydrogen) atoms. The molecule has 0 bridgehead atoms. The number of esters is 1. The molecule has 9 heteroatoms. The summed E-state index contributed by atoms with van der Waals surface area (Å²) in [7, 11) is 1.39. The van der Waals surface area contributed by atoms with Crippen LogP contribution in [-0.2, 0) is 11.3 Å². The summed E-state index contributed by atoms with van der Waals surface area (Å²) in [6.07, 6.45) is -4.42. The number of carbonyl (C=O) groups excluding carboxylic acids is 2. The number of phenols is 1. The zero-order valence-electron chi connectivity index (χ0n) is 14.9. The molecule has 1 aromatic heterocycles. The second kappa shape index (κ2) is 7.73. The van der Waals surface area contributed by atoms with Gasteiger partial charge < -0.3 is 19.1 Å². The molecule has 2 rings (SSSR count). The number of phenolic OH excluding ortho intramolecular Hbond substituents is 1. The third-order valence-electron chi connectivity index (χ3n) is 3.97. The second-order valence-corrected chi connectivity index (χ2v) is 5.87. The van der Waals surface area contributed by atoms with Crippen LogP contribution in [0.3, 0.4) is 0 Å². The van der Waals surface area contributed by atoms with E-state index in [2.05, 4.69) is 0 Å². The van der Waals surface area contributed by atoms with E-state index in [-0.39, 0.29) is 28.3 Å². The maximum Gasteiger partial charge on any atom is 0.406 e. The van der Waals surface area contributed by atoms with Crippen LogP contribution in [0.5, 0.6) is 11.5 Å². The highest BCUT2D eigenvalue weighted by atomic mass is 19.4. The van der Waals surface area contributed by atoms with Crippen LogP contribution in [0.15, 0.2) is 24.3 Å². The van der Waals surface area contributed by atoms with Gasteiger partial charge in [0.25, 0.3) is 0 Å². The topological polar surface area (TPSA) is 77.8 Å². The van der Waals surface area contributed by atoms with Crippen LogP contribution in [0.25, 0.3) is 0 Å². The fourth-order valence-corrected chi connectivity index (χ4v) is 2.60. The number of ketones is 1. The van der Waals surface area contributed by atoms with Gasteiger partial charge in [-0.2, -0.15) is 13.2 Å². The molecule has 0 aliphatic rings. The molecule has 1 heterocycles. The number of carbonyl (C=O) groups is 2. The minimum Gasteiger partial charge on any atom is -0.507 e. The van der Waals surface area contributed by atoms with Gasteiger partial charge in [-0.15, -0.1) is 0 Å². The average molecular weight is 385 g/mol. The lowest BCUT2D eigenvalue weighted by atomic mass is 10.1. The van der Waals surface area contributed by atoms with Crippen molar-refractivity contribution in [2.45, 2.75) is 26.6 Å². The number of aromatic nitrogens is 1. The summed E-state index contributed by atoms with van der Waals surface area (Å²) in [6, 6.07) is 5.24. The molecule has 0 fully saturated rings. The van der Waals surface area contributed by atoms with Gasteiger partial charge in [-0.25, -0.2) is 4.79 Å². The van der Waals surface area contributed by atoms with Gasteiger partial charge in [0.05, 0.1) is 7.11 Å². The van der Waals surface area contributed by atoms with Crippen LogP contribution in [-0.4, -0.2) is 41.3 Å². The Morgan fingerprint density at radius 1 is 1.15 bits per heavy atom. The zero-order valence-corrected chi connectivity index (χ0v) is 14.9. The van der Waals surface area contributed by atoms with Crippen molar-refractivity contribution in [3.05, 3.63) is 46.8 Å². The van der Waals surface area contributed by atoms with Gasteiger partial charge in [0.15, 0.2) is 6.61 Å². The molecule has 0 radical (unpaired) electrons. The Labute approximate surface area is 153 Å². The van der Waals surface area contributed by atoms with Crippen molar-refractivity contribution in [1.82, 2.24) is 4.57 Å². The minimum absolute atomic E-state index is 0.0449. The Hall–Kier alpha value is -2.97. The van der Waals surface area contributed by atoms with Crippen LogP contribution in [0.4, 0.5) is 13.2 Å². The van der Waals surface area contributed by atoms with E-state index in [1.165, 1.54) is 45.2 Å². The molecular weight excluding hydrogens is 367 g/mol. The number of benzene rings is 1. The smallest absolute Gasteiger partial charge is 0.406 e. The first kappa shape index (κ1) is 20.3. The molecule has 6 nitrogen and oxygen atoms in total. The number of hydrogen-bond donors (Lipinski definition) is 1. The van der Waals surface area contributed by atoms with E-state index in [0.29, 0.717) is 5.75 Å². The van der Waals surface area contributed by atoms with Crippen molar-refractivity contribution >= 4 is 11.8 Å². The molecule has 0 atom stereocenters. The Morgan fingerprint density at radius 2 is 1.81 bits per heavy atom. The summed E-state index contributed by atoms with van der Waals surface area (Å²) in [4.78, 5) is 24.3. The second-order valence-electron chi connectivity index (χ2n) is 5.87. The van der Waals surface area contributed by atoms with Crippen LogP contribution in [0, 0.1) is 13.8 Å². The van der Waals surface area contributed by atoms with Gasteiger partial charge in [-0.05, 0) is 32.0 Å². The van der Waals surface area contributed by atoms with Crippen molar-refractivity contribution in [3.8, 4) is 11.5 Å². The molecule has 0 amide bonds. The van der Waals surface area contributed by atoms with E-state index < -0.39 is 31.1 Å². The predicted molar refractivity (Wildman–Crippen MR) is 89.2 cm³/mol. The summed E-state index contributed by atoms with van der Waals surface area (Å²) in [5.74, 6) is -1.63. The first-order valence-corrected chi connectivity index (χ1v) is 7.84. The Balaban J connectivity index is 2.10. The largest absolute Gasteiger partial charge is 0.507 e. The van der Waals surface area contributed by atoms with Gasteiger partial charge in [-0.3, -0.25) is 4.79 Å². The molecular formula is C18H18F3NO5. The van der Waals surface area contributed by atoms with Crippen LogP contribution >= 0.6 is 0 Å². The third kappa shape index (κ3) is 4.81. The summed E-state index contributed by atoms with van der Waals surface area (Å²) in [5, 5.41) is 9.79. The number of nitrogens with zero attached hydrogens (tertiary/aromatic N) is 1. The fourth-order valence-electron chi connectivity index (χ4n) is 2.60. The van der Waals surface area contributed by atoms with E-state index >= 15 is 0 Å². The molecule has 0 spiro atoms. The van der Waals surface area contributed by atoms with Gasteiger partial charge in [0, 0.05) is 23.0 Å². The number of aromatic hydroxyl groups is 1. The normalized spacial score (nSPS) is 11.3. The summed E-state index contributed by atoms with van der Waals surface area (Å²) in [5.41, 5.74) is 0.292. The van der Waals surface area contributed by atoms with Crippen molar-refractivity contribution in [3.63, 3.8) is 0 Å². The zero-order chi connectivity index (χ0) is 20.4. The Kier molecular flexibility index (Phi) is 5.82. The molecule has 0 saturated heterocycles. The van der Waals surface area contributed by atoms with E-state index in [0.717, 1.165) is 4.57 Å². The number of aryl methyl sites for hydroxylation is 1. The lowest BCUT2D eigenvalue weighted by Gasteiger charge is -2.12. The van der Waals surface area contributed by atoms with Crippen LogP contribution in [0.2, 0.25) is 0 Å². The molecule has 1 aromatic carbocycles. The Morgan fingerprint density at radius 3 is 2.37 bits per heavy atom. The van der Waals surface area contributed by atoms with Gasteiger partial charge in [0.1, 0.15) is 23.6 Å². The van der Waals surface area contributed by atoms with E-state index in [1.54, 1.807) is 0 Å². The average Bonchev–Trinajstić information content (AvgIpc) is 2.86. The molecule has 2 aromatic rings. The summed E-state index contributed by atoms with van der Waals surface area (Å²) >= 11 is 0. The lowest BCUT2D eigenvalue weighted by Crippen LogP contribution is -2.20. The maximum absolute atomic E-state index is 12.6.